The van der Waals surface area contributed by atoms with Crippen LogP contribution < -0.4 is 4.90 Å². The molecule has 1 N–H and O–H groups in total. The average molecular weight is 343 g/mol. The number of β-amino-alcohol motifs (C(OH)–C–C–N with tert-alkyl or cyclic N) is 1. The van der Waals surface area contributed by atoms with Crippen molar-refractivity contribution >= 4 is 40.1 Å². The van der Waals surface area contributed by atoms with Crippen LogP contribution in [0.25, 0.3) is 10.9 Å². The van der Waals surface area contributed by atoms with E-state index in [2.05, 4.69) is 15.0 Å². The Kier molecular flexibility index (Phi) is 4.38. The molecular formula is C14H16ClFN4OS. The van der Waals surface area contributed by atoms with Gasteiger partial charge in [0.05, 0.1) is 17.2 Å². The Morgan fingerprint density at radius 3 is 2.82 bits per heavy atom. The van der Waals surface area contributed by atoms with E-state index in [1.165, 1.54) is 11.8 Å². The average Bonchev–Trinajstić information content (AvgIpc) is 2.51. The molecule has 118 valence electrons. The molecule has 1 saturated heterocycles. The van der Waals surface area contributed by atoms with Crippen molar-refractivity contribution in [2.24, 2.45) is 0 Å². The lowest BCUT2D eigenvalue weighted by atomic mass is 10.1. The summed E-state index contributed by atoms with van der Waals surface area (Å²) in [4.78, 5) is 14.8. The minimum Gasteiger partial charge on any atom is -0.391 e. The number of pyridine rings is 1. The van der Waals surface area contributed by atoms with Gasteiger partial charge in [0, 0.05) is 13.1 Å². The monoisotopic (exact) mass is 342 g/mol. The highest BCUT2D eigenvalue weighted by Crippen LogP contribution is 2.33. The van der Waals surface area contributed by atoms with E-state index >= 15 is 0 Å². The molecule has 0 bridgehead atoms. The minimum absolute atomic E-state index is 0.180. The second kappa shape index (κ2) is 6.14. The van der Waals surface area contributed by atoms with E-state index in [1.54, 1.807) is 6.92 Å². The van der Waals surface area contributed by atoms with Gasteiger partial charge in [-0.1, -0.05) is 23.4 Å². The van der Waals surface area contributed by atoms with Crippen LogP contribution in [0, 0.1) is 12.7 Å². The summed E-state index contributed by atoms with van der Waals surface area (Å²) in [5.74, 6) is -0.00700. The van der Waals surface area contributed by atoms with Crippen molar-refractivity contribution in [3.05, 3.63) is 16.7 Å². The molecule has 0 aromatic carbocycles. The molecule has 0 unspecified atom stereocenters. The van der Waals surface area contributed by atoms with Crippen molar-refractivity contribution in [3.8, 4) is 0 Å². The van der Waals surface area contributed by atoms with Crippen LogP contribution in [0.5, 0.6) is 0 Å². The highest BCUT2D eigenvalue weighted by molar-refractivity contribution is 7.98. The molecule has 3 rings (SSSR count). The molecule has 8 heteroatoms. The van der Waals surface area contributed by atoms with Crippen LogP contribution in [0.4, 0.5) is 10.2 Å². The summed E-state index contributed by atoms with van der Waals surface area (Å²) >= 11 is 7.18. The molecular weight excluding hydrogens is 327 g/mol. The first kappa shape index (κ1) is 15.7. The van der Waals surface area contributed by atoms with Crippen LogP contribution in [-0.2, 0) is 0 Å². The number of halogens is 2. The van der Waals surface area contributed by atoms with Gasteiger partial charge in [0.25, 0.3) is 0 Å². The third-order valence-electron chi connectivity index (χ3n) is 3.76. The molecule has 0 saturated carbocycles. The molecule has 1 aliphatic heterocycles. The molecule has 2 aromatic rings. The Bertz CT molecular complexity index is 730. The van der Waals surface area contributed by atoms with Gasteiger partial charge < -0.3 is 10.0 Å². The summed E-state index contributed by atoms with van der Waals surface area (Å²) in [7, 11) is 0. The van der Waals surface area contributed by atoms with Gasteiger partial charge in [-0.2, -0.15) is 0 Å². The SMILES string of the molecule is CSc1nc(N2CCC[C@@H](O)C2)c2c(C)nc(Cl)c(F)c2n1. The third kappa shape index (κ3) is 2.73. The van der Waals surface area contributed by atoms with Crippen LogP contribution in [0.1, 0.15) is 18.5 Å². The molecule has 3 heterocycles. The summed E-state index contributed by atoms with van der Waals surface area (Å²) in [5.41, 5.74) is 0.774. The predicted octanol–water partition coefficient (Wildman–Crippen LogP) is 2.81. The van der Waals surface area contributed by atoms with E-state index in [1.807, 2.05) is 11.2 Å². The number of thioether (sulfide) groups is 1. The van der Waals surface area contributed by atoms with E-state index in [-0.39, 0.29) is 10.7 Å². The number of aliphatic hydroxyl groups is 1. The first-order valence-corrected chi connectivity index (χ1v) is 8.62. The number of aryl methyl sites for hydroxylation is 1. The van der Waals surface area contributed by atoms with Crippen molar-refractivity contribution in [3.63, 3.8) is 0 Å². The van der Waals surface area contributed by atoms with Gasteiger partial charge >= 0.3 is 0 Å². The van der Waals surface area contributed by atoms with E-state index < -0.39 is 11.9 Å². The Hall–Kier alpha value is -1.18. The Morgan fingerprint density at radius 2 is 2.14 bits per heavy atom. The zero-order valence-electron chi connectivity index (χ0n) is 12.3. The molecule has 5 nitrogen and oxygen atoms in total. The lowest BCUT2D eigenvalue weighted by Gasteiger charge is -2.32. The molecule has 1 fully saturated rings. The van der Waals surface area contributed by atoms with Crippen molar-refractivity contribution in [2.75, 3.05) is 24.2 Å². The fourth-order valence-corrected chi connectivity index (χ4v) is 3.31. The summed E-state index contributed by atoms with van der Waals surface area (Å²) in [5, 5.41) is 10.8. The van der Waals surface area contributed by atoms with E-state index in [0.29, 0.717) is 28.6 Å². The standard InChI is InChI=1S/C14H16ClFN4OS/c1-7-9-11(10(16)12(15)17-7)18-14(22-2)19-13(9)20-5-3-4-8(21)6-20/h8,21H,3-6H2,1-2H3/t8-/m1/s1. The second-order valence-corrected chi connectivity index (χ2v) is 6.43. The lowest BCUT2D eigenvalue weighted by molar-refractivity contribution is 0.154. The number of fused-ring (bicyclic) bond motifs is 1. The van der Waals surface area contributed by atoms with Gasteiger partial charge in [-0.05, 0) is 26.0 Å². The van der Waals surface area contributed by atoms with E-state index in [4.69, 9.17) is 11.6 Å². The van der Waals surface area contributed by atoms with E-state index in [0.717, 1.165) is 19.4 Å². The largest absolute Gasteiger partial charge is 0.391 e. The molecule has 0 radical (unpaired) electrons. The maximum atomic E-state index is 14.4. The first-order valence-electron chi connectivity index (χ1n) is 7.01. The zero-order valence-corrected chi connectivity index (χ0v) is 13.9. The number of hydrogen-bond donors (Lipinski definition) is 1. The molecule has 0 spiro atoms. The second-order valence-electron chi connectivity index (χ2n) is 5.30. The number of piperidine rings is 1. The quantitative estimate of drug-likeness (QED) is 0.514. The summed E-state index contributed by atoms with van der Waals surface area (Å²) in [6.45, 7) is 3.00. The number of rotatable bonds is 2. The van der Waals surface area contributed by atoms with Gasteiger partial charge in [0.1, 0.15) is 11.3 Å². The van der Waals surface area contributed by atoms with Crippen molar-refractivity contribution < 1.29 is 9.50 Å². The van der Waals surface area contributed by atoms with Crippen LogP contribution >= 0.6 is 23.4 Å². The molecule has 0 aliphatic carbocycles. The topological polar surface area (TPSA) is 62.1 Å². The molecule has 1 aliphatic rings. The van der Waals surface area contributed by atoms with E-state index in [9.17, 15) is 9.50 Å². The van der Waals surface area contributed by atoms with Crippen LogP contribution in [0.3, 0.4) is 0 Å². The zero-order chi connectivity index (χ0) is 15.9. The first-order chi connectivity index (χ1) is 10.5. The maximum absolute atomic E-state index is 14.4. The predicted molar refractivity (Wildman–Crippen MR) is 86.3 cm³/mol. The van der Waals surface area contributed by atoms with Gasteiger partial charge in [-0.15, -0.1) is 0 Å². The van der Waals surface area contributed by atoms with Gasteiger partial charge in [0.15, 0.2) is 16.1 Å². The maximum Gasteiger partial charge on any atom is 0.189 e. The van der Waals surface area contributed by atoms with Gasteiger partial charge in [-0.25, -0.2) is 19.3 Å². The van der Waals surface area contributed by atoms with Crippen LogP contribution in [-0.4, -0.2) is 45.5 Å². The number of aliphatic hydroxyl groups excluding tert-OH is 1. The molecule has 1 atom stereocenters. The highest BCUT2D eigenvalue weighted by Gasteiger charge is 2.25. The Morgan fingerprint density at radius 1 is 1.36 bits per heavy atom. The normalized spacial score (nSPS) is 19.0. The molecule has 22 heavy (non-hydrogen) atoms. The van der Waals surface area contributed by atoms with Crippen molar-refractivity contribution in [1.29, 1.82) is 0 Å². The third-order valence-corrected chi connectivity index (χ3v) is 4.56. The fourth-order valence-electron chi connectivity index (χ4n) is 2.74. The summed E-state index contributed by atoms with van der Waals surface area (Å²) in [6.07, 6.45) is 3.07. The van der Waals surface area contributed by atoms with Gasteiger partial charge in [0.2, 0.25) is 0 Å². The lowest BCUT2D eigenvalue weighted by Crippen LogP contribution is -2.39. The Balaban J connectivity index is 2.25. The highest BCUT2D eigenvalue weighted by atomic mass is 35.5. The summed E-state index contributed by atoms with van der Waals surface area (Å²) in [6, 6.07) is 0. The fraction of sp³-hybridized carbons (Fsp3) is 0.500. The molecule has 2 aromatic heterocycles. The van der Waals surface area contributed by atoms with Crippen molar-refractivity contribution in [2.45, 2.75) is 31.0 Å². The number of hydrogen-bond acceptors (Lipinski definition) is 6. The van der Waals surface area contributed by atoms with Crippen LogP contribution in [0.15, 0.2) is 5.16 Å². The number of aromatic nitrogens is 3. The van der Waals surface area contributed by atoms with Crippen LogP contribution in [0.2, 0.25) is 5.15 Å². The van der Waals surface area contributed by atoms with Crippen molar-refractivity contribution in [1.82, 2.24) is 15.0 Å². The number of anilines is 1. The summed E-state index contributed by atoms with van der Waals surface area (Å²) < 4.78 is 14.4. The smallest absolute Gasteiger partial charge is 0.189 e. The minimum atomic E-state index is -0.626. The molecule has 0 amide bonds. The van der Waals surface area contributed by atoms with Gasteiger partial charge in [-0.3, -0.25) is 0 Å². The number of nitrogens with zero attached hydrogens (tertiary/aromatic N) is 4. The Labute approximate surface area is 136 Å².